The van der Waals surface area contributed by atoms with Gasteiger partial charge < -0.3 is 20.1 Å². The summed E-state index contributed by atoms with van der Waals surface area (Å²) in [5, 5.41) is 18.3. The number of carbonyl (C=O) groups is 2. The molecule has 5 rings (SSSR count). The van der Waals surface area contributed by atoms with Crippen LogP contribution < -0.4 is 10.1 Å². The van der Waals surface area contributed by atoms with E-state index in [0.29, 0.717) is 17.4 Å². The molecule has 1 amide bonds. The number of aliphatic carboxylic acids is 1. The molecular weight excluding hydrogens is 569 g/mol. The number of carboxylic acid groups (broad SMARTS) is 1. The summed E-state index contributed by atoms with van der Waals surface area (Å²) in [5.41, 5.74) is 2.57. The molecule has 0 aliphatic carbocycles. The summed E-state index contributed by atoms with van der Waals surface area (Å²) < 4.78 is 60.5. The van der Waals surface area contributed by atoms with Crippen molar-refractivity contribution in [2.24, 2.45) is 0 Å². The number of carboxylic acids is 1. The number of aromatic amines is 1. The fraction of sp³-hybridized carbons (Fsp3) is 0.240. The number of nitrogens with one attached hydrogen (secondary N) is 2. The molecule has 4 aromatic rings. The van der Waals surface area contributed by atoms with Crippen LogP contribution in [-0.4, -0.2) is 87.8 Å². The van der Waals surface area contributed by atoms with Crippen LogP contribution in [-0.2, 0) is 19.4 Å². The number of hydrogen-bond acceptors (Lipinski definition) is 9. The lowest BCUT2D eigenvalue weighted by atomic mass is 10.2. The molecule has 216 valence electrons. The van der Waals surface area contributed by atoms with Gasteiger partial charge in [-0.25, -0.2) is 23.2 Å². The quantitative estimate of drug-likeness (QED) is 0.303. The number of aromatic nitrogens is 4. The Labute approximate surface area is 231 Å². The van der Waals surface area contributed by atoms with Crippen LogP contribution in [0.4, 0.5) is 24.7 Å². The topological polar surface area (TPSA) is 167 Å². The molecule has 1 fully saturated rings. The zero-order valence-electron chi connectivity index (χ0n) is 21.1. The van der Waals surface area contributed by atoms with Crippen LogP contribution in [0.15, 0.2) is 60.9 Å². The number of amides is 1. The Morgan fingerprint density at radius 3 is 2.54 bits per heavy atom. The monoisotopic (exact) mass is 592 g/mol. The van der Waals surface area contributed by atoms with Gasteiger partial charge in [0.25, 0.3) is 5.91 Å². The number of benzene rings is 2. The third-order valence-corrected chi connectivity index (χ3v) is 7.37. The number of fused-ring (bicyclic) bond motifs is 1. The lowest BCUT2D eigenvalue weighted by Crippen LogP contribution is -2.45. The number of hydrogen-bond donors (Lipinski definition) is 3. The molecule has 16 heteroatoms. The highest BCUT2D eigenvalue weighted by Crippen LogP contribution is 2.24. The lowest BCUT2D eigenvalue weighted by Gasteiger charge is -2.26. The molecule has 0 bridgehead atoms. The molecule has 41 heavy (non-hydrogen) atoms. The van der Waals surface area contributed by atoms with Crippen LogP contribution in [0.2, 0.25) is 0 Å². The normalized spacial score (nSPS) is 14.6. The minimum Gasteiger partial charge on any atom is -0.484 e. The molecule has 3 N–H and O–H groups in total. The van der Waals surface area contributed by atoms with Gasteiger partial charge in [0.1, 0.15) is 11.6 Å². The molecule has 0 atom stereocenters. The first-order valence-corrected chi connectivity index (χ1v) is 13.8. The van der Waals surface area contributed by atoms with Crippen molar-refractivity contribution >= 4 is 44.1 Å². The Bertz CT molecular complexity index is 1650. The van der Waals surface area contributed by atoms with E-state index in [1.807, 2.05) is 24.3 Å². The van der Waals surface area contributed by atoms with Crippen molar-refractivity contribution in [2.75, 3.05) is 36.5 Å². The van der Waals surface area contributed by atoms with Gasteiger partial charge in [0.05, 0.1) is 23.2 Å². The van der Waals surface area contributed by atoms with Crippen molar-refractivity contribution < 1.29 is 41.0 Å². The first-order chi connectivity index (χ1) is 19.4. The van der Waals surface area contributed by atoms with Crippen molar-refractivity contribution in [2.45, 2.75) is 6.18 Å². The number of nitrogens with zero attached hydrogens (tertiary/aromatic N) is 4. The van der Waals surface area contributed by atoms with Crippen molar-refractivity contribution in [3.63, 3.8) is 0 Å². The second kappa shape index (κ2) is 12.2. The number of ether oxygens (including phenoxy) is 1. The van der Waals surface area contributed by atoms with Crippen molar-refractivity contribution in [1.82, 2.24) is 25.1 Å². The fourth-order valence-electron chi connectivity index (χ4n) is 3.66. The maximum Gasteiger partial charge on any atom is 0.490 e. The molecule has 2 aromatic carbocycles. The van der Waals surface area contributed by atoms with E-state index in [4.69, 9.17) is 14.6 Å². The lowest BCUT2D eigenvalue weighted by molar-refractivity contribution is -0.192. The predicted molar refractivity (Wildman–Crippen MR) is 141 cm³/mol. The van der Waals surface area contributed by atoms with Gasteiger partial charge in [-0.3, -0.25) is 9.89 Å². The van der Waals surface area contributed by atoms with Crippen molar-refractivity contribution in [1.29, 1.82) is 0 Å². The van der Waals surface area contributed by atoms with Crippen molar-refractivity contribution in [3.8, 4) is 17.1 Å². The average Bonchev–Trinajstić information content (AvgIpc) is 3.40. The third kappa shape index (κ3) is 8.14. The van der Waals surface area contributed by atoms with Crippen LogP contribution in [0.25, 0.3) is 22.3 Å². The molecule has 0 unspecified atom stereocenters. The molecular formula is C25H23F3N6O6S. The molecule has 1 saturated heterocycles. The highest BCUT2D eigenvalue weighted by Gasteiger charge is 2.38. The maximum absolute atomic E-state index is 12.4. The Morgan fingerprint density at radius 2 is 1.83 bits per heavy atom. The van der Waals surface area contributed by atoms with E-state index >= 15 is 0 Å². The SMILES string of the molecule is O=C(COc1cccc(-c2nccc(Nc3ccc4[nH]ncc4c3)n2)c1)N1CCS(=O)(=O)CC1.O=C(O)C(F)(F)F. The largest absolute Gasteiger partial charge is 0.490 e. The van der Waals surface area contributed by atoms with E-state index in [1.165, 1.54) is 4.90 Å². The van der Waals surface area contributed by atoms with Crippen LogP contribution in [0.3, 0.4) is 0 Å². The number of alkyl halides is 3. The summed E-state index contributed by atoms with van der Waals surface area (Å²) in [7, 11) is -3.04. The van der Waals surface area contributed by atoms with Gasteiger partial charge >= 0.3 is 12.1 Å². The van der Waals surface area contributed by atoms with Crippen LogP contribution in [0.1, 0.15) is 0 Å². The second-order valence-electron chi connectivity index (χ2n) is 8.71. The zero-order valence-corrected chi connectivity index (χ0v) is 21.9. The molecule has 0 saturated carbocycles. The number of rotatable bonds is 6. The molecule has 1 aliphatic rings. The van der Waals surface area contributed by atoms with E-state index in [1.54, 1.807) is 36.7 Å². The number of anilines is 2. The highest BCUT2D eigenvalue weighted by atomic mass is 32.2. The smallest absolute Gasteiger partial charge is 0.484 e. The molecule has 3 heterocycles. The van der Waals surface area contributed by atoms with Gasteiger partial charge in [-0.05, 0) is 36.4 Å². The average molecular weight is 593 g/mol. The molecule has 12 nitrogen and oxygen atoms in total. The van der Waals surface area contributed by atoms with Crippen LogP contribution >= 0.6 is 0 Å². The molecule has 0 spiro atoms. The van der Waals surface area contributed by atoms with Crippen molar-refractivity contribution in [3.05, 3.63) is 60.9 Å². The predicted octanol–water partition coefficient (Wildman–Crippen LogP) is 3.03. The number of sulfone groups is 1. The maximum atomic E-state index is 12.4. The summed E-state index contributed by atoms with van der Waals surface area (Å²) in [6, 6.07) is 14.8. The van der Waals surface area contributed by atoms with E-state index < -0.39 is 22.0 Å². The standard InChI is InChI=1S/C23H22N6O4S.C2HF3O2/c30-22(29-8-10-34(31,32)11-9-29)15-33-19-3-1-2-16(13-19)23-24-7-6-21(27-23)26-18-4-5-20-17(12-18)14-25-28-20;3-2(4,5)1(6)7/h1-7,12-14H,8-11,15H2,(H,25,28)(H,24,26,27);(H,6,7). The summed E-state index contributed by atoms with van der Waals surface area (Å²) in [6.45, 7) is 0.236. The van der Waals surface area contributed by atoms with E-state index in [9.17, 15) is 26.4 Å². The van der Waals surface area contributed by atoms with E-state index in [2.05, 4.69) is 25.5 Å². The molecule has 1 aliphatic heterocycles. The number of carbonyl (C=O) groups excluding carboxylic acids is 1. The van der Waals surface area contributed by atoms with Gasteiger partial charge in [0.15, 0.2) is 22.3 Å². The summed E-state index contributed by atoms with van der Waals surface area (Å²) in [6.07, 6.45) is -1.65. The molecule has 2 aromatic heterocycles. The fourth-order valence-corrected chi connectivity index (χ4v) is 4.86. The van der Waals surface area contributed by atoms with Crippen LogP contribution in [0, 0.1) is 0 Å². The minimum atomic E-state index is -5.08. The summed E-state index contributed by atoms with van der Waals surface area (Å²) in [4.78, 5) is 31.8. The second-order valence-corrected chi connectivity index (χ2v) is 11.0. The van der Waals surface area contributed by atoms with E-state index in [-0.39, 0.29) is 37.1 Å². The van der Waals surface area contributed by atoms with Crippen LogP contribution in [0.5, 0.6) is 5.75 Å². The Kier molecular flexibility index (Phi) is 8.71. The summed E-state index contributed by atoms with van der Waals surface area (Å²) in [5.74, 6) is -1.37. The van der Waals surface area contributed by atoms with Gasteiger partial charge in [-0.1, -0.05) is 12.1 Å². The third-order valence-electron chi connectivity index (χ3n) is 5.76. The Hall–Kier alpha value is -4.73. The molecule has 0 radical (unpaired) electrons. The number of halogens is 3. The number of H-pyrrole nitrogens is 1. The zero-order chi connectivity index (χ0) is 29.6. The Morgan fingerprint density at radius 1 is 1.10 bits per heavy atom. The van der Waals surface area contributed by atoms with Gasteiger partial charge in [-0.15, -0.1) is 0 Å². The minimum absolute atomic E-state index is 0.00806. The first kappa shape index (κ1) is 29.3. The Balaban J connectivity index is 0.000000493. The van der Waals surface area contributed by atoms with Gasteiger partial charge in [0, 0.05) is 35.9 Å². The van der Waals surface area contributed by atoms with E-state index in [0.717, 1.165) is 22.2 Å². The summed E-state index contributed by atoms with van der Waals surface area (Å²) >= 11 is 0. The van der Waals surface area contributed by atoms with Gasteiger partial charge in [0.2, 0.25) is 0 Å². The highest BCUT2D eigenvalue weighted by molar-refractivity contribution is 7.91. The van der Waals surface area contributed by atoms with Gasteiger partial charge in [-0.2, -0.15) is 18.3 Å². The first-order valence-electron chi connectivity index (χ1n) is 11.9.